The lowest BCUT2D eigenvalue weighted by atomic mass is 10.2. The Labute approximate surface area is 110 Å². The van der Waals surface area contributed by atoms with Crippen LogP contribution in [0.15, 0.2) is 12.1 Å². The first-order valence-electron chi connectivity index (χ1n) is 5.63. The van der Waals surface area contributed by atoms with Gasteiger partial charge in [0.1, 0.15) is 11.3 Å². The highest BCUT2D eigenvalue weighted by atomic mass is 16.6. The van der Waals surface area contributed by atoms with Crippen LogP contribution in [0.25, 0.3) is 0 Å². The molecule has 0 aliphatic heterocycles. The Morgan fingerprint density at radius 1 is 1.42 bits per heavy atom. The SMILES string of the molecule is COc1ccc([N+](=O)[O-])c(CC(=O)OC(C)(C)C)n1. The summed E-state index contributed by atoms with van der Waals surface area (Å²) in [4.78, 5) is 25.9. The van der Waals surface area contributed by atoms with Crippen LogP contribution in [0.2, 0.25) is 0 Å². The largest absolute Gasteiger partial charge is 0.481 e. The minimum absolute atomic E-state index is 0.0265. The third-order valence-electron chi connectivity index (χ3n) is 2.06. The Balaban J connectivity index is 2.98. The minimum Gasteiger partial charge on any atom is -0.481 e. The van der Waals surface area contributed by atoms with Crippen LogP contribution in [-0.4, -0.2) is 28.6 Å². The Morgan fingerprint density at radius 2 is 2.05 bits per heavy atom. The maximum Gasteiger partial charge on any atom is 0.312 e. The molecule has 1 heterocycles. The Kier molecular flexibility index (Phi) is 4.42. The molecule has 1 aromatic heterocycles. The van der Waals surface area contributed by atoms with E-state index in [1.807, 2.05) is 0 Å². The average Bonchev–Trinajstić information content (AvgIpc) is 2.25. The van der Waals surface area contributed by atoms with Gasteiger partial charge in [0.15, 0.2) is 0 Å². The molecule has 0 bridgehead atoms. The summed E-state index contributed by atoms with van der Waals surface area (Å²) in [5.41, 5.74) is -0.852. The van der Waals surface area contributed by atoms with E-state index < -0.39 is 16.5 Å². The van der Waals surface area contributed by atoms with E-state index in [0.29, 0.717) is 0 Å². The fourth-order valence-corrected chi connectivity index (χ4v) is 1.40. The van der Waals surface area contributed by atoms with Crippen molar-refractivity contribution in [2.75, 3.05) is 7.11 Å². The van der Waals surface area contributed by atoms with E-state index in [-0.39, 0.29) is 23.7 Å². The minimum atomic E-state index is -0.648. The summed E-state index contributed by atoms with van der Waals surface area (Å²) in [7, 11) is 1.39. The standard InChI is InChI=1S/C12H16N2O5/c1-12(2,3)19-11(15)7-8-9(14(16)17)5-6-10(13-8)18-4/h5-6H,7H2,1-4H3. The lowest BCUT2D eigenvalue weighted by molar-refractivity contribution is -0.385. The maximum absolute atomic E-state index is 11.7. The molecule has 104 valence electrons. The molecular formula is C12H16N2O5. The van der Waals surface area contributed by atoms with Crippen LogP contribution in [0.1, 0.15) is 26.5 Å². The van der Waals surface area contributed by atoms with Gasteiger partial charge < -0.3 is 9.47 Å². The fraction of sp³-hybridized carbons (Fsp3) is 0.500. The van der Waals surface area contributed by atoms with Crippen LogP contribution < -0.4 is 4.74 Å². The predicted octanol–water partition coefficient (Wildman–Crippen LogP) is 1.88. The van der Waals surface area contributed by atoms with Gasteiger partial charge in [-0.3, -0.25) is 14.9 Å². The number of aromatic nitrogens is 1. The monoisotopic (exact) mass is 268 g/mol. The zero-order valence-electron chi connectivity index (χ0n) is 11.3. The second kappa shape index (κ2) is 5.64. The van der Waals surface area contributed by atoms with Crippen molar-refractivity contribution in [2.24, 2.45) is 0 Å². The van der Waals surface area contributed by atoms with E-state index in [2.05, 4.69) is 4.98 Å². The molecular weight excluding hydrogens is 252 g/mol. The van der Waals surface area contributed by atoms with Gasteiger partial charge in [-0.15, -0.1) is 0 Å². The number of methoxy groups -OCH3 is 1. The van der Waals surface area contributed by atoms with Crippen LogP contribution in [0, 0.1) is 10.1 Å². The summed E-state index contributed by atoms with van der Waals surface area (Å²) in [6.07, 6.45) is -0.273. The summed E-state index contributed by atoms with van der Waals surface area (Å²) >= 11 is 0. The third kappa shape index (κ3) is 4.53. The molecule has 1 rings (SSSR count). The highest BCUT2D eigenvalue weighted by Crippen LogP contribution is 2.21. The highest BCUT2D eigenvalue weighted by Gasteiger charge is 2.23. The van der Waals surface area contributed by atoms with E-state index in [1.165, 1.54) is 19.2 Å². The van der Waals surface area contributed by atoms with E-state index in [0.717, 1.165) is 0 Å². The number of carbonyl (C=O) groups is 1. The molecule has 0 amide bonds. The lowest BCUT2D eigenvalue weighted by Crippen LogP contribution is -2.25. The number of pyridine rings is 1. The number of nitro groups is 1. The molecule has 0 saturated heterocycles. The average molecular weight is 268 g/mol. The van der Waals surface area contributed by atoms with Crippen molar-refractivity contribution in [2.45, 2.75) is 32.8 Å². The fourth-order valence-electron chi connectivity index (χ4n) is 1.40. The van der Waals surface area contributed by atoms with Gasteiger partial charge in [0.25, 0.3) is 5.69 Å². The van der Waals surface area contributed by atoms with Crippen molar-refractivity contribution >= 4 is 11.7 Å². The molecule has 0 unspecified atom stereocenters. The van der Waals surface area contributed by atoms with Crippen molar-refractivity contribution in [3.8, 4) is 5.88 Å². The van der Waals surface area contributed by atoms with Gasteiger partial charge in [-0.1, -0.05) is 0 Å². The Morgan fingerprint density at radius 3 is 2.53 bits per heavy atom. The van der Waals surface area contributed by atoms with Crippen LogP contribution >= 0.6 is 0 Å². The van der Waals surface area contributed by atoms with Gasteiger partial charge in [-0.25, -0.2) is 4.98 Å². The molecule has 1 aromatic rings. The molecule has 0 radical (unpaired) electrons. The van der Waals surface area contributed by atoms with Crippen LogP contribution in [0.4, 0.5) is 5.69 Å². The summed E-state index contributed by atoms with van der Waals surface area (Å²) in [6.45, 7) is 5.16. The van der Waals surface area contributed by atoms with Crippen LogP contribution in [0.3, 0.4) is 0 Å². The summed E-state index contributed by atoms with van der Waals surface area (Å²) < 4.78 is 9.99. The van der Waals surface area contributed by atoms with Crippen molar-refractivity contribution in [3.05, 3.63) is 27.9 Å². The Bertz CT molecular complexity index is 493. The summed E-state index contributed by atoms with van der Waals surface area (Å²) in [5.74, 6) is -0.361. The molecule has 0 atom stereocenters. The van der Waals surface area contributed by atoms with Crippen molar-refractivity contribution in [1.82, 2.24) is 4.98 Å². The topological polar surface area (TPSA) is 91.6 Å². The van der Waals surface area contributed by atoms with Crippen molar-refractivity contribution < 1.29 is 19.2 Å². The number of esters is 1. The quantitative estimate of drug-likeness (QED) is 0.470. The molecule has 7 nitrogen and oxygen atoms in total. The van der Waals surface area contributed by atoms with Gasteiger partial charge in [0, 0.05) is 12.1 Å². The number of ether oxygens (including phenoxy) is 2. The second-order valence-corrected chi connectivity index (χ2v) is 4.84. The molecule has 0 fully saturated rings. The number of carbonyl (C=O) groups excluding carboxylic acids is 1. The van der Waals surface area contributed by atoms with E-state index >= 15 is 0 Å². The summed E-state index contributed by atoms with van der Waals surface area (Å²) in [5, 5.41) is 10.9. The molecule has 19 heavy (non-hydrogen) atoms. The van der Waals surface area contributed by atoms with Crippen molar-refractivity contribution in [1.29, 1.82) is 0 Å². The first-order chi connectivity index (χ1) is 8.73. The molecule has 0 aromatic carbocycles. The zero-order chi connectivity index (χ0) is 14.6. The normalized spacial score (nSPS) is 10.9. The number of nitrogens with zero attached hydrogens (tertiary/aromatic N) is 2. The van der Waals surface area contributed by atoms with Crippen molar-refractivity contribution in [3.63, 3.8) is 0 Å². The number of rotatable bonds is 4. The smallest absolute Gasteiger partial charge is 0.312 e. The number of hydrogen-bond acceptors (Lipinski definition) is 6. The Hall–Kier alpha value is -2.18. The molecule has 7 heteroatoms. The van der Waals surface area contributed by atoms with Gasteiger partial charge in [0.2, 0.25) is 5.88 Å². The van der Waals surface area contributed by atoms with Crippen LogP contribution in [-0.2, 0) is 16.0 Å². The van der Waals surface area contributed by atoms with Gasteiger partial charge >= 0.3 is 5.97 Å². The lowest BCUT2D eigenvalue weighted by Gasteiger charge is -2.19. The third-order valence-corrected chi connectivity index (χ3v) is 2.06. The molecule has 0 saturated carbocycles. The molecule has 0 spiro atoms. The molecule has 0 aliphatic rings. The zero-order valence-corrected chi connectivity index (χ0v) is 11.3. The molecule has 0 N–H and O–H groups in total. The maximum atomic E-state index is 11.7. The first-order valence-corrected chi connectivity index (χ1v) is 5.63. The first kappa shape index (κ1) is 14.9. The second-order valence-electron chi connectivity index (χ2n) is 4.84. The van der Waals surface area contributed by atoms with Crippen LogP contribution in [0.5, 0.6) is 5.88 Å². The van der Waals surface area contributed by atoms with Gasteiger partial charge in [-0.2, -0.15) is 0 Å². The highest BCUT2D eigenvalue weighted by molar-refractivity contribution is 5.73. The summed E-state index contributed by atoms with van der Waals surface area (Å²) in [6, 6.07) is 2.63. The van der Waals surface area contributed by atoms with E-state index in [9.17, 15) is 14.9 Å². The predicted molar refractivity (Wildman–Crippen MR) is 67.0 cm³/mol. The number of hydrogen-bond donors (Lipinski definition) is 0. The van der Waals surface area contributed by atoms with Gasteiger partial charge in [-0.05, 0) is 20.8 Å². The van der Waals surface area contributed by atoms with Gasteiger partial charge in [0.05, 0.1) is 18.5 Å². The molecule has 0 aliphatic carbocycles. The van der Waals surface area contributed by atoms with E-state index in [1.54, 1.807) is 20.8 Å². The van der Waals surface area contributed by atoms with E-state index in [4.69, 9.17) is 9.47 Å².